The molecule has 0 aliphatic heterocycles. The third kappa shape index (κ3) is 9.34. The minimum absolute atomic E-state index is 0.176. The Kier molecular flexibility index (Phi) is 11.8. The van der Waals surface area contributed by atoms with Crippen molar-refractivity contribution in [2.45, 2.75) is 19.6 Å². The second kappa shape index (κ2) is 17.1. The molecule has 0 saturated carbocycles. The van der Waals surface area contributed by atoms with Crippen molar-refractivity contribution in [3.63, 3.8) is 0 Å². The lowest BCUT2D eigenvalue weighted by Gasteiger charge is -2.25. The molecule has 0 amide bonds. The topological polar surface area (TPSA) is 457 Å². The maximum Gasteiger partial charge on any atom is 0.335 e. The van der Waals surface area contributed by atoms with Crippen molar-refractivity contribution in [1.82, 2.24) is 19.9 Å². The summed E-state index contributed by atoms with van der Waals surface area (Å²) < 4.78 is 148. The van der Waals surface area contributed by atoms with Gasteiger partial charge in [0.25, 0.3) is 46.0 Å². The van der Waals surface area contributed by atoms with Crippen molar-refractivity contribution in [1.29, 1.82) is 0 Å². The van der Waals surface area contributed by atoms with E-state index in [4.69, 9.17) is 10.5 Å². The molecule has 27 nitrogen and oxygen atoms in total. The molecule has 2 aromatic heterocycles. The lowest BCUT2D eigenvalue weighted by Crippen LogP contribution is -2.25. The highest BCUT2D eigenvalue weighted by atomic mass is 32.2. The van der Waals surface area contributed by atoms with Crippen molar-refractivity contribution in [3.05, 3.63) is 129 Å². The molecule has 364 valence electrons. The molecule has 0 spiro atoms. The summed E-state index contributed by atoms with van der Waals surface area (Å²) >= 11 is 0. The Morgan fingerprint density at radius 3 is 1.76 bits per heavy atom. The van der Waals surface area contributed by atoms with Gasteiger partial charge in [0.2, 0.25) is 11.9 Å². The maximum absolute atomic E-state index is 14.6. The number of hydrogen-bond acceptors (Lipinski definition) is 20. The molecule has 2 heterocycles. The number of carbonyl (C=O) groups excluding carboxylic acids is 2. The van der Waals surface area contributed by atoms with Crippen molar-refractivity contribution in [3.8, 4) is 22.9 Å². The Morgan fingerprint density at radius 2 is 1.18 bits per heavy atom. The number of nitrogens with zero attached hydrogens (tertiary/aromatic N) is 3. The number of rotatable bonds is 14. The van der Waals surface area contributed by atoms with E-state index < -0.39 is 174 Å². The number of carboxylic acid groups (broad SMARTS) is 2. The first kappa shape index (κ1) is 48.9. The summed E-state index contributed by atoms with van der Waals surface area (Å²) in [4.78, 5) is 75.0. The minimum Gasteiger partial charge on any atom is -0.478 e. The van der Waals surface area contributed by atoms with E-state index in [2.05, 4.69) is 30.6 Å². The number of nitrogens with one attached hydrogen (secondary N) is 3. The number of nitrogens with two attached hydrogens (primary N) is 1. The molecule has 8 rings (SSSR count). The van der Waals surface area contributed by atoms with Gasteiger partial charge in [0.1, 0.15) is 20.4 Å². The Balaban J connectivity index is 1.36. The van der Waals surface area contributed by atoms with Crippen LogP contribution in [-0.2, 0) is 40.5 Å². The average molecular weight is 1050 g/mol. The monoisotopic (exact) mass is 1050 g/mol. The van der Waals surface area contributed by atoms with Crippen LogP contribution in [0, 0.1) is 0 Å². The molecule has 0 atom stereocenters. The second-order valence-electron chi connectivity index (χ2n) is 14.7. The van der Waals surface area contributed by atoms with E-state index in [1.807, 2.05) is 0 Å². The molecule has 71 heavy (non-hydrogen) atoms. The smallest absolute Gasteiger partial charge is 0.335 e. The van der Waals surface area contributed by atoms with Crippen LogP contribution >= 0.6 is 0 Å². The summed E-state index contributed by atoms with van der Waals surface area (Å²) in [7, 11) is -21.7. The number of carboxylic acids is 2. The van der Waals surface area contributed by atoms with Crippen LogP contribution < -0.4 is 26.7 Å². The van der Waals surface area contributed by atoms with Crippen LogP contribution in [0.15, 0.2) is 109 Å². The number of aromatic nitrogens is 4. The molecule has 1 aliphatic carbocycles. The molecular weight excluding hydrogens is 1030 g/mol. The minimum atomic E-state index is -5.65. The number of carbonyl (C=O) groups is 4. The maximum atomic E-state index is 14.6. The van der Waals surface area contributed by atoms with Crippen molar-refractivity contribution in [2.24, 2.45) is 0 Å². The molecule has 7 aromatic rings. The average Bonchev–Trinajstić information content (AvgIpc) is 3.26. The zero-order valence-electron chi connectivity index (χ0n) is 34.5. The van der Waals surface area contributed by atoms with Crippen LogP contribution in [0.3, 0.4) is 0 Å². The highest BCUT2D eigenvalue weighted by Gasteiger charge is 2.37. The number of ether oxygens (including phenoxy) is 1. The number of ketones is 2. The number of aromatic carboxylic acids is 2. The van der Waals surface area contributed by atoms with E-state index in [9.17, 15) is 86.1 Å². The summed E-state index contributed by atoms with van der Waals surface area (Å²) in [5, 5.41) is 23.0. The number of aromatic amines is 1. The molecule has 0 bridgehead atoms. The van der Waals surface area contributed by atoms with Gasteiger partial charge in [0, 0.05) is 22.1 Å². The third-order valence-corrected chi connectivity index (χ3v) is 13.7. The highest BCUT2D eigenvalue weighted by Crippen LogP contribution is 2.46. The van der Waals surface area contributed by atoms with Gasteiger partial charge in [-0.3, -0.25) is 32.6 Å². The zero-order valence-corrected chi connectivity index (χ0v) is 37.8. The van der Waals surface area contributed by atoms with Crippen LogP contribution in [0.4, 0.5) is 29.0 Å². The number of H-pyrrole nitrogens is 1. The van der Waals surface area contributed by atoms with Crippen LogP contribution in [0.25, 0.3) is 22.0 Å². The van der Waals surface area contributed by atoms with Gasteiger partial charge in [-0.05, 0) is 54.1 Å². The first-order valence-corrected chi connectivity index (χ1v) is 24.8. The number of anilines is 5. The van der Waals surface area contributed by atoms with Gasteiger partial charge in [0.15, 0.2) is 11.6 Å². The molecule has 0 radical (unpaired) electrons. The van der Waals surface area contributed by atoms with Gasteiger partial charge in [-0.25, -0.2) is 9.59 Å². The van der Waals surface area contributed by atoms with Crippen LogP contribution in [-0.4, -0.2) is 106 Å². The normalized spacial score (nSPS) is 12.5. The lowest BCUT2D eigenvalue weighted by atomic mass is 9.80. The molecule has 0 fully saturated rings. The predicted molar refractivity (Wildman–Crippen MR) is 240 cm³/mol. The molecule has 5 aromatic carbocycles. The summed E-state index contributed by atoms with van der Waals surface area (Å²) in [6, 6.07) is 11.9. The number of hydrogen-bond donors (Lipinski definition) is 10. The number of benzene rings is 5. The summed E-state index contributed by atoms with van der Waals surface area (Å²) in [5.41, 5.74) is -3.08. The van der Waals surface area contributed by atoms with E-state index in [0.717, 1.165) is 36.4 Å². The van der Waals surface area contributed by atoms with Crippen LogP contribution in [0.1, 0.15) is 52.6 Å². The van der Waals surface area contributed by atoms with Crippen molar-refractivity contribution < 1.29 is 86.0 Å². The van der Waals surface area contributed by atoms with Crippen LogP contribution in [0.5, 0.6) is 11.8 Å². The predicted octanol–water partition coefficient (Wildman–Crippen LogP) is 3.40. The van der Waals surface area contributed by atoms with Gasteiger partial charge < -0.3 is 36.3 Å². The van der Waals surface area contributed by atoms with E-state index in [1.165, 1.54) is 24.3 Å². The van der Waals surface area contributed by atoms with E-state index in [-0.39, 0.29) is 17.2 Å². The fraction of sp³-hybridized carbons (Fsp3) is 0. The number of fused-ring (bicyclic) bond motifs is 2. The Labute approximate surface area is 395 Å². The number of pyridine rings is 1. The fourth-order valence-electron chi connectivity index (χ4n) is 7.38. The van der Waals surface area contributed by atoms with Crippen molar-refractivity contribution >= 4 is 104 Å². The molecule has 0 unspecified atom stereocenters. The Bertz CT molecular complexity index is 4090. The Hall–Kier alpha value is -8.56. The van der Waals surface area contributed by atoms with Gasteiger partial charge >= 0.3 is 17.9 Å². The Morgan fingerprint density at radius 1 is 0.592 bits per heavy atom. The third-order valence-electron chi connectivity index (χ3n) is 10.2. The van der Waals surface area contributed by atoms with Gasteiger partial charge in [-0.2, -0.15) is 48.6 Å². The fourth-order valence-corrected chi connectivity index (χ4v) is 9.97. The first-order valence-electron chi connectivity index (χ1n) is 19.0. The van der Waals surface area contributed by atoms with Gasteiger partial charge in [0.05, 0.1) is 49.7 Å². The van der Waals surface area contributed by atoms with E-state index in [0.29, 0.717) is 18.2 Å². The van der Waals surface area contributed by atoms with E-state index >= 15 is 0 Å². The van der Waals surface area contributed by atoms with Gasteiger partial charge in [-0.1, -0.05) is 36.4 Å². The summed E-state index contributed by atoms with van der Waals surface area (Å²) in [6.07, 6.45) is 0. The lowest BCUT2D eigenvalue weighted by molar-refractivity contribution is 0.0695. The number of nitrogen functional groups attached to an aromatic ring is 1. The van der Waals surface area contributed by atoms with Crippen molar-refractivity contribution in [2.75, 3.05) is 16.4 Å². The molecule has 11 N–H and O–H groups in total. The zero-order chi connectivity index (χ0) is 51.9. The summed E-state index contributed by atoms with van der Waals surface area (Å²) in [6.45, 7) is 0. The largest absolute Gasteiger partial charge is 0.478 e. The quantitative estimate of drug-likeness (QED) is 0.0551. The molecule has 31 heteroatoms. The van der Waals surface area contributed by atoms with Gasteiger partial charge in [-0.15, -0.1) is 0 Å². The molecular formula is C40H25N7O20S4. The SMILES string of the molecule is Nc1nc(Nc2cc(Nc3cc(S(=O)(=O)O)c4[nH]c(=O)c(C(=O)c5cccc(S(=O)(=O)O)c5)c5c4c3C(=O)c3ccccc3-5)c(S(=O)(=O)O)cc2S(=O)(=O)O)nc(Oc2cc(C(=O)O)cc(C(=O)O)c2)n1. The van der Waals surface area contributed by atoms with Crippen LogP contribution in [0.2, 0.25) is 0 Å². The highest BCUT2D eigenvalue weighted by molar-refractivity contribution is 7.87. The first-order chi connectivity index (χ1) is 33.0. The standard InChI is InChI=1S/C40H25N7O20S4/c41-38-45-39(47-40(46-38)67-18-9-16(36(51)52)8-17(10-18)37(53)54)43-23-12-22(25(69(58,59)60)14-26(23)70(61,62)63)42-24-13-27(71(64,65)66)32-30-28(20-6-1-2-7-21(20)34(49)29(24)30)31(35(50)44-32)33(48)15-4-3-5-19(11-15)68(55,56)57/h1-14,42H,(H,44,50)(H,51,52)(H,53,54)(H,55,56,57)(H,58,59,60)(H,61,62,63)(H,64,65,66)(H3,41,43,45,46,47). The second-order valence-corrected chi connectivity index (χ2v) is 20.3. The molecule has 1 aliphatic rings. The summed E-state index contributed by atoms with van der Waals surface area (Å²) in [5.74, 6) is -7.38. The molecule has 0 saturated heterocycles. The van der Waals surface area contributed by atoms with E-state index in [1.54, 1.807) is 0 Å².